The van der Waals surface area contributed by atoms with Gasteiger partial charge in [-0.15, -0.1) is 0 Å². The summed E-state index contributed by atoms with van der Waals surface area (Å²) in [7, 11) is 1.20. The van der Waals surface area contributed by atoms with E-state index in [2.05, 4.69) is 4.98 Å². The first-order valence-corrected chi connectivity index (χ1v) is 6.61. The number of ether oxygens (including phenoxy) is 1. The predicted molar refractivity (Wildman–Crippen MR) is 83.5 cm³/mol. The Hall–Kier alpha value is -3.35. The molecule has 0 saturated heterocycles. The van der Waals surface area contributed by atoms with Crippen molar-refractivity contribution in [1.82, 2.24) is 4.98 Å². The summed E-state index contributed by atoms with van der Waals surface area (Å²) in [5.41, 5.74) is -0.674. The van der Waals surface area contributed by atoms with Gasteiger partial charge in [-0.1, -0.05) is 24.3 Å². The van der Waals surface area contributed by atoms with E-state index in [-0.39, 0.29) is 22.2 Å². The van der Waals surface area contributed by atoms with Gasteiger partial charge in [0.1, 0.15) is 11.7 Å². The molecule has 0 fully saturated rings. The van der Waals surface area contributed by atoms with E-state index < -0.39 is 16.3 Å². The van der Waals surface area contributed by atoms with Gasteiger partial charge in [0.2, 0.25) is 5.43 Å². The minimum absolute atomic E-state index is 0.0165. The van der Waals surface area contributed by atoms with Crippen LogP contribution in [0.3, 0.4) is 0 Å². The molecule has 7 nitrogen and oxygen atoms in total. The van der Waals surface area contributed by atoms with Crippen LogP contribution in [0, 0.1) is 10.1 Å². The van der Waals surface area contributed by atoms with Crippen molar-refractivity contribution in [1.29, 1.82) is 0 Å². The van der Waals surface area contributed by atoms with Crippen molar-refractivity contribution in [2.75, 3.05) is 7.11 Å². The monoisotopic (exact) mass is 310 g/mol. The topological polar surface area (TPSA) is 99.4 Å². The molecule has 3 rings (SSSR count). The molecule has 1 heterocycles. The number of pyridine rings is 1. The molecule has 0 saturated carbocycles. The number of fused-ring (bicyclic) bond motifs is 2. The largest absolute Gasteiger partial charge is 0.465 e. The lowest BCUT2D eigenvalue weighted by atomic mass is 10.1. The standard InChI is InChI=1S/C16H10N2O5/c1-23-16(20)13-6-9-4-2-3-5-11(9)15(19)14-12(13)7-10(8-17-14)18(21)22/h2-8H,1H3. The molecule has 0 amide bonds. The quantitative estimate of drug-likeness (QED) is 0.409. The molecule has 0 aliphatic rings. The Labute approximate surface area is 129 Å². The van der Waals surface area contributed by atoms with Crippen LogP contribution in [0.4, 0.5) is 5.69 Å². The number of carbonyl (C=O) groups excluding carboxylic acids is 1. The molecule has 0 aliphatic heterocycles. The zero-order valence-electron chi connectivity index (χ0n) is 12.0. The van der Waals surface area contributed by atoms with Crippen molar-refractivity contribution in [3.63, 3.8) is 0 Å². The predicted octanol–water partition coefficient (Wildman–Crippen LogP) is 2.44. The maximum absolute atomic E-state index is 12.6. The average molecular weight is 310 g/mol. The summed E-state index contributed by atoms with van der Waals surface area (Å²) < 4.78 is 4.74. The molecule has 7 heteroatoms. The second-order valence-corrected chi connectivity index (χ2v) is 4.81. The van der Waals surface area contributed by atoms with Crippen LogP contribution in [-0.4, -0.2) is 23.0 Å². The highest BCUT2D eigenvalue weighted by molar-refractivity contribution is 6.07. The van der Waals surface area contributed by atoms with Gasteiger partial charge in [0.15, 0.2) is 0 Å². The normalized spacial score (nSPS) is 10.7. The molecule has 3 aromatic rings. The van der Waals surface area contributed by atoms with E-state index >= 15 is 0 Å². The lowest BCUT2D eigenvalue weighted by Gasteiger charge is -2.00. The number of nitrogens with zero attached hydrogens (tertiary/aromatic N) is 2. The maximum atomic E-state index is 12.6. The Morgan fingerprint density at radius 2 is 1.96 bits per heavy atom. The SMILES string of the molecule is COC(=O)c1cc2ccccc2c(=O)c2ncc([N+](=O)[O-])cc12. The van der Waals surface area contributed by atoms with E-state index in [0.717, 1.165) is 12.3 Å². The van der Waals surface area contributed by atoms with Gasteiger partial charge < -0.3 is 4.74 Å². The van der Waals surface area contributed by atoms with Crippen LogP contribution in [0.5, 0.6) is 0 Å². The van der Waals surface area contributed by atoms with Crippen LogP contribution < -0.4 is 5.43 Å². The maximum Gasteiger partial charge on any atom is 0.338 e. The number of methoxy groups -OCH3 is 1. The van der Waals surface area contributed by atoms with Gasteiger partial charge in [0.25, 0.3) is 5.69 Å². The highest BCUT2D eigenvalue weighted by Gasteiger charge is 2.17. The van der Waals surface area contributed by atoms with E-state index in [1.54, 1.807) is 24.3 Å². The Kier molecular flexibility index (Phi) is 3.46. The highest BCUT2D eigenvalue weighted by atomic mass is 16.6. The molecule has 0 atom stereocenters. The molecule has 2 aromatic carbocycles. The molecule has 1 aromatic heterocycles. The molecule has 0 radical (unpaired) electrons. The first kappa shape index (κ1) is 14.6. The van der Waals surface area contributed by atoms with Crippen LogP contribution >= 0.6 is 0 Å². The van der Waals surface area contributed by atoms with Crippen LogP contribution in [0.1, 0.15) is 10.4 Å². The number of hydrogen-bond donors (Lipinski definition) is 0. The molecular formula is C16H10N2O5. The molecule has 0 unspecified atom stereocenters. The molecular weight excluding hydrogens is 300 g/mol. The average Bonchev–Trinajstić information content (AvgIpc) is 2.69. The smallest absolute Gasteiger partial charge is 0.338 e. The van der Waals surface area contributed by atoms with Crippen LogP contribution in [0.25, 0.3) is 21.7 Å². The van der Waals surface area contributed by atoms with E-state index in [0.29, 0.717) is 10.8 Å². The molecule has 0 bridgehead atoms. The van der Waals surface area contributed by atoms with Gasteiger partial charge >= 0.3 is 5.97 Å². The fourth-order valence-electron chi connectivity index (χ4n) is 2.41. The summed E-state index contributed by atoms with van der Waals surface area (Å²) in [6.07, 6.45) is 1.000. The zero-order chi connectivity index (χ0) is 16.6. The number of hydrogen-bond acceptors (Lipinski definition) is 6. The van der Waals surface area contributed by atoms with Crippen molar-refractivity contribution in [2.24, 2.45) is 0 Å². The third-order valence-electron chi connectivity index (χ3n) is 3.50. The van der Waals surface area contributed by atoms with E-state index in [1.165, 1.54) is 13.2 Å². The molecule has 0 aliphatic carbocycles. The number of carbonyl (C=O) groups is 1. The van der Waals surface area contributed by atoms with Crippen molar-refractivity contribution < 1.29 is 14.5 Å². The molecule has 114 valence electrons. The van der Waals surface area contributed by atoms with E-state index in [9.17, 15) is 19.7 Å². The minimum atomic E-state index is -0.696. The number of rotatable bonds is 2. The highest BCUT2D eigenvalue weighted by Crippen LogP contribution is 2.23. The van der Waals surface area contributed by atoms with Gasteiger partial charge in [-0.3, -0.25) is 14.9 Å². The third-order valence-corrected chi connectivity index (χ3v) is 3.50. The first-order valence-electron chi connectivity index (χ1n) is 6.61. The van der Waals surface area contributed by atoms with E-state index in [1.807, 2.05) is 0 Å². The molecule has 0 spiro atoms. The van der Waals surface area contributed by atoms with Gasteiger partial charge in [-0.25, -0.2) is 9.78 Å². The third kappa shape index (κ3) is 2.38. The Balaban J connectivity index is 2.60. The number of aromatic nitrogens is 1. The van der Waals surface area contributed by atoms with Crippen LogP contribution in [0.2, 0.25) is 0 Å². The van der Waals surface area contributed by atoms with Gasteiger partial charge in [0.05, 0.1) is 17.6 Å². The summed E-state index contributed by atoms with van der Waals surface area (Å²) in [5.74, 6) is -0.696. The van der Waals surface area contributed by atoms with Gasteiger partial charge in [0, 0.05) is 16.8 Å². The second-order valence-electron chi connectivity index (χ2n) is 4.81. The number of benzene rings is 1. The summed E-state index contributed by atoms with van der Waals surface area (Å²) in [6, 6.07) is 9.35. The second kappa shape index (κ2) is 5.45. The van der Waals surface area contributed by atoms with Crippen LogP contribution in [0.15, 0.2) is 47.4 Å². The summed E-state index contributed by atoms with van der Waals surface area (Å²) in [6.45, 7) is 0. The molecule has 23 heavy (non-hydrogen) atoms. The van der Waals surface area contributed by atoms with Gasteiger partial charge in [-0.2, -0.15) is 0 Å². The summed E-state index contributed by atoms with van der Waals surface area (Å²) in [5, 5.41) is 11.9. The first-order chi connectivity index (χ1) is 11.0. The van der Waals surface area contributed by atoms with Crippen LogP contribution in [-0.2, 0) is 4.74 Å². The summed E-state index contributed by atoms with van der Waals surface area (Å²) in [4.78, 5) is 39.0. The fraction of sp³-hybridized carbons (Fsp3) is 0.0625. The Morgan fingerprint density at radius 1 is 1.22 bits per heavy atom. The lowest BCUT2D eigenvalue weighted by Crippen LogP contribution is -2.04. The summed E-state index contributed by atoms with van der Waals surface area (Å²) >= 11 is 0. The lowest BCUT2D eigenvalue weighted by molar-refractivity contribution is -0.385. The minimum Gasteiger partial charge on any atom is -0.465 e. The fourth-order valence-corrected chi connectivity index (χ4v) is 2.41. The number of esters is 1. The van der Waals surface area contributed by atoms with Crippen molar-refractivity contribution in [2.45, 2.75) is 0 Å². The van der Waals surface area contributed by atoms with Crippen molar-refractivity contribution in [3.8, 4) is 0 Å². The Bertz CT molecular complexity index is 1030. The van der Waals surface area contributed by atoms with E-state index in [4.69, 9.17) is 4.74 Å². The van der Waals surface area contributed by atoms with Crippen molar-refractivity contribution in [3.05, 3.63) is 68.5 Å². The van der Waals surface area contributed by atoms with Crippen molar-refractivity contribution >= 4 is 33.3 Å². The number of nitro groups is 1. The van der Waals surface area contributed by atoms with Gasteiger partial charge in [-0.05, 0) is 11.5 Å². The Morgan fingerprint density at radius 3 is 2.65 bits per heavy atom. The molecule has 0 N–H and O–H groups in total. The zero-order valence-corrected chi connectivity index (χ0v) is 12.0.